The van der Waals surface area contributed by atoms with Crippen molar-refractivity contribution in [3.8, 4) is 0 Å². The van der Waals surface area contributed by atoms with Crippen molar-refractivity contribution in [3.63, 3.8) is 0 Å². The standard InChI is InChI=1S/C13H26O2/c1-5-7-11(6-2)8-9-13(3,4)10-12(14)15/h11H,5-10H2,1-4H3,(H,14,15). The summed E-state index contributed by atoms with van der Waals surface area (Å²) in [6.45, 7) is 8.55. The Morgan fingerprint density at radius 2 is 1.87 bits per heavy atom. The van der Waals surface area contributed by atoms with Crippen molar-refractivity contribution in [2.45, 2.75) is 66.2 Å². The van der Waals surface area contributed by atoms with Gasteiger partial charge in [-0.1, -0.05) is 47.0 Å². The molecule has 1 N–H and O–H groups in total. The van der Waals surface area contributed by atoms with Crippen molar-refractivity contribution in [2.75, 3.05) is 0 Å². The maximum absolute atomic E-state index is 10.7. The molecule has 15 heavy (non-hydrogen) atoms. The lowest BCUT2D eigenvalue weighted by molar-refractivity contribution is -0.139. The topological polar surface area (TPSA) is 37.3 Å². The summed E-state index contributed by atoms with van der Waals surface area (Å²) in [7, 11) is 0. The second-order valence-corrected chi connectivity index (χ2v) is 5.34. The highest BCUT2D eigenvalue weighted by atomic mass is 16.4. The molecular weight excluding hydrogens is 188 g/mol. The molecule has 0 amide bonds. The van der Waals surface area contributed by atoms with E-state index in [1.807, 2.05) is 0 Å². The third kappa shape index (κ3) is 7.40. The predicted octanol–water partition coefficient (Wildman–Crippen LogP) is 4.09. The van der Waals surface area contributed by atoms with E-state index in [0.29, 0.717) is 0 Å². The average molecular weight is 214 g/mol. The number of hydrogen-bond donors (Lipinski definition) is 1. The van der Waals surface area contributed by atoms with Crippen LogP contribution in [0.2, 0.25) is 0 Å². The van der Waals surface area contributed by atoms with Crippen LogP contribution in [0.15, 0.2) is 0 Å². The summed E-state index contributed by atoms with van der Waals surface area (Å²) in [6.07, 6.45) is 6.21. The number of rotatable bonds is 8. The van der Waals surface area contributed by atoms with Crippen LogP contribution >= 0.6 is 0 Å². The van der Waals surface area contributed by atoms with Crippen LogP contribution in [0.25, 0.3) is 0 Å². The van der Waals surface area contributed by atoms with Crippen LogP contribution in [0.4, 0.5) is 0 Å². The van der Waals surface area contributed by atoms with Gasteiger partial charge in [0, 0.05) is 0 Å². The van der Waals surface area contributed by atoms with Crippen LogP contribution in [-0.4, -0.2) is 11.1 Å². The fourth-order valence-electron chi connectivity index (χ4n) is 2.05. The molecule has 2 nitrogen and oxygen atoms in total. The zero-order valence-electron chi connectivity index (χ0n) is 10.7. The monoisotopic (exact) mass is 214 g/mol. The molecule has 0 fully saturated rings. The third-order valence-corrected chi connectivity index (χ3v) is 3.13. The number of aliphatic carboxylic acids is 1. The number of carboxylic acids is 1. The predicted molar refractivity (Wildman–Crippen MR) is 64.0 cm³/mol. The Balaban J connectivity index is 3.94. The van der Waals surface area contributed by atoms with Gasteiger partial charge >= 0.3 is 5.97 Å². The first-order valence-corrected chi connectivity index (χ1v) is 6.13. The van der Waals surface area contributed by atoms with Gasteiger partial charge in [0.25, 0.3) is 0 Å². The van der Waals surface area contributed by atoms with Crippen molar-refractivity contribution < 1.29 is 9.90 Å². The Labute approximate surface area is 94.1 Å². The summed E-state index contributed by atoms with van der Waals surface area (Å²) < 4.78 is 0. The molecule has 0 aliphatic carbocycles. The summed E-state index contributed by atoms with van der Waals surface area (Å²) in [6, 6.07) is 0. The summed E-state index contributed by atoms with van der Waals surface area (Å²) in [5, 5.41) is 8.77. The summed E-state index contributed by atoms with van der Waals surface area (Å²) in [4.78, 5) is 10.7. The van der Waals surface area contributed by atoms with Gasteiger partial charge in [-0.15, -0.1) is 0 Å². The summed E-state index contributed by atoms with van der Waals surface area (Å²) in [5.41, 5.74) is -0.0486. The minimum atomic E-state index is -0.677. The fraction of sp³-hybridized carbons (Fsp3) is 0.923. The van der Waals surface area contributed by atoms with E-state index < -0.39 is 5.97 Å². The van der Waals surface area contributed by atoms with E-state index in [4.69, 9.17) is 5.11 Å². The molecule has 0 aromatic heterocycles. The molecule has 0 bridgehead atoms. The minimum Gasteiger partial charge on any atom is -0.481 e. The molecular formula is C13H26O2. The van der Waals surface area contributed by atoms with E-state index in [-0.39, 0.29) is 11.8 Å². The van der Waals surface area contributed by atoms with Gasteiger partial charge in [0.05, 0.1) is 6.42 Å². The van der Waals surface area contributed by atoms with E-state index >= 15 is 0 Å². The number of carbonyl (C=O) groups is 1. The van der Waals surface area contributed by atoms with Crippen molar-refractivity contribution in [1.82, 2.24) is 0 Å². The van der Waals surface area contributed by atoms with Gasteiger partial charge in [-0.25, -0.2) is 0 Å². The number of hydrogen-bond acceptors (Lipinski definition) is 1. The molecule has 1 atom stereocenters. The molecule has 0 aliphatic heterocycles. The van der Waals surface area contributed by atoms with E-state index in [9.17, 15) is 4.79 Å². The van der Waals surface area contributed by atoms with Gasteiger partial charge in [-0.2, -0.15) is 0 Å². The Bertz CT molecular complexity index is 185. The van der Waals surface area contributed by atoms with E-state index in [1.54, 1.807) is 0 Å². The smallest absolute Gasteiger partial charge is 0.303 e. The maximum atomic E-state index is 10.7. The normalized spacial score (nSPS) is 13.9. The van der Waals surface area contributed by atoms with E-state index in [2.05, 4.69) is 27.7 Å². The van der Waals surface area contributed by atoms with Gasteiger partial charge < -0.3 is 5.11 Å². The van der Waals surface area contributed by atoms with Crippen LogP contribution in [0.3, 0.4) is 0 Å². The van der Waals surface area contributed by atoms with Gasteiger partial charge in [-0.3, -0.25) is 4.79 Å². The Morgan fingerprint density at radius 3 is 2.27 bits per heavy atom. The highest BCUT2D eigenvalue weighted by molar-refractivity contribution is 5.67. The lowest BCUT2D eigenvalue weighted by Gasteiger charge is -2.25. The molecule has 0 heterocycles. The first-order chi connectivity index (χ1) is 6.91. The molecule has 0 saturated heterocycles. The zero-order valence-corrected chi connectivity index (χ0v) is 10.7. The van der Waals surface area contributed by atoms with E-state index in [0.717, 1.165) is 12.3 Å². The Hall–Kier alpha value is -0.530. The molecule has 90 valence electrons. The van der Waals surface area contributed by atoms with Crippen LogP contribution in [-0.2, 0) is 4.79 Å². The van der Waals surface area contributed by atoms with Crippen molar-refractivity contribution >= 4 is 5.97 Å². The lowest BCUT2D eigenvalue weighted by atomic mass is 9.80. The van der Waals surface area contributed by atoms with Crippen molar-refractivity contribution in [3.05, 3.63) is 0 Å². The van der Waals surface area contributed by atoms with Crippen LogP contribution in [0.5, 0.6) is 0 Å². The van der Waals surface area contributed by atoms with Gasteiger partial charge in [0.15, 0.2) is 0 Å². The number of carboxylic acid groups (broad SMARTS) is 1. The molecule has 1 unspecified atom stereocenters. The minimum absolute atomic E-state index is 0.0486. The van der Waals surface area contributed by atoms with Crippen LogP contribution in [0.1, 0.15) is 66.2 Å². The molecule has 0 rings (SSSR count). The van der Waals surface area contributed by atoms with Crippen LogP contribution in [0, 0.1) is 11.3 Å². The highest BCUT2D eigenvalue weighted by Crippen LogP contribution is 2.30. The van der Waals surface area contributed by atoms with Crippen molar-refractivity contribution in [1.29, 1.82) is 0 Å². The molecule has 0 radical (unpaired) electrons. The quantitative estimate of drug-likeness (QED) is 0.660. The van der Waals surface area contributed by atoms with Gasteiger partial charge in [0.1, 0.15) is 0 Å². The SMILES string of the molecule is CCCC(CC)CCC(C)(C)CC(=O)O. The second-order valence-electron chi connectivity index (χ2n) is 5.34. The molecule has 0 aromatic rings. The molecule has 2 heteroatoms. The van der Waals surface area contributed by atoms with Crippen LogP contribution < -0.4 is 0 Å². The lowest BCUT2D eigenvalue weighted by Crippen LogP contribution is -2.18. The summed E-state index contributed by atoms with van der Waals surface area (Å²) in [5.74, 6) is 0.103. The molecule has 0 spiro atoms. The van der Waals surface area contributed by atoms with Gasteiger partial charge in [-0.05, 0) is 24.2 Å². The van der Waals surface area contributed by atoms with E-state index in [1.165, 1.54) is 25.7 Å². The molecule has 0 saturated carbocycles. The Morgan fingerprint density at radius 1 is 1.27 bits per heavy atom. The third-order valence-electron chi connectivity index (χ3n) is 3.13. The maximum Gasteiger partial charge on any atom is 0.303 e. The first kappa shape index (κ1) is 14.5. The van der Waals surface area contributed by atoms with Gasteiger partial charge in [0.2, 0.25) is 0 Å². The molecule has 0 aromatic carbocycles. The fourth-order valence-corrected chi connectivity index (χ4v) is 2.05. The van der Waals surface area contributed by atoms with Crippen molar-refractivity contribution in [2.24, 2.45) is 11.3 Å². The summed E-state index contributed by atoms with van der Waals surface area (Å²) >= 11 is 0. The second kappa shape index (κ2) is 6.86. The Kier molecular flexibility index (Phi) is 6.62. The zero-order chi connectivity index (χ0) is 11.9. The average Bonchev–Trinajstić information content (AvgIpc) is 2.10. The highest BCUT2D eigenvalue weighted by Gasteiger charge is 2.22. The largest absolute Gasteiger partial charge is 0.481 e. The first-order valence-electron chi connectivity index (χ1n) is 6.13. The molecule has 0 aliphatic rings.